The molecule has 0 spiro atoms. The third-order valence-electron chi connectivity index (χ3n) is 2.83. The summed E-state index contributed by atoms with van der Waals surface area (Å²) in [5.41, 5.74) is 0. The van der Waals surface area contributed by atoms with Gasteiger partial charge in [-0.1, -0.05) is 0 Å². The summed E-state index contributed by atoms with van der Waals surface area (Å²) in [7, 11) is 0. The maximum atomic E-state index is 11.7. The molecule has 0 radical (unpaired) electrons. The summed E-state index contributed by atoms with van der Waals surface area (Å²) in [5.74, 6) is 0.795. The van der Waals surface area contributed by atoms with Crippen LogP contribution < -0.4 is 5.32 Å². The lowest BCUT2D eigenvalue weighted by molar-refractivity contribution is -0.132. The first-order chi connectivity index (χ1) is 6.38. The van der Waals surface area contributed by atoms with Crippen LogP contribution in [-0.4, -0.2) is 37.0 Å². The Balaban J connectivity index is 1.83. The fourth-order valence-corrected chi connectivity index (χ4v) is 1.81. The van der Waals surface area contributed by atoms with E-state index in [1.807, 2.05) is 4.90 Å². The molecular formula is C10H18N2O. The predicted octanol–water partition coefficient (Wildman–Crippen LogP) is 0.608. The predicted molar refractivity (Wildman–Crippen MR) is 51.4 cm³/mol. The summed E-state index contributed by atoms with van der Waals surface area (Å²) in [4.78, 5) is 13.8. The maximum absolute atomic E-state index is 11.7. The number of nitrogens with one attached hydrogen (secondary N) is 1. The van der Waals surface area contributed by atoms with Crippen LogP contribution in [0.3, 0.4) is 0 Å². The van der Waals surface area contributed by atoms with Gasteiger partial charge in [0.1, 0.15) is 0 Å². The van der Waals surface area contributed by atoms with E-state index in [4.69, 9.17) is 0 Å². The van der Waals surface area contributed by atoms with Crippen LogP contribution >= 0.6 is 0 Å². The van der Waals surface area contributed by atoms with E-state index in [2.05, 4.69) is 5.32 Å². The minimum Gasteiger partial charge on any atom is -0.341 e. The smallest absolute Gasteiger partial charge is 0.225 e. The standard InChI is InChI=1S/C10H18N2O/c13-10(9-3-4-9)12-7-2-1-5-11-6-8-12/h9,11H,1-8H2. The zero-order valence-electron chi connectivity index (χ0n) is 8.09. The lowest BCUT2D eigenvalue weighted by Crippen LogP contribution is -2.40. The minimum absolute atomic E-state index is 0.388. The molecule has 0 aromatic heterocycles. The first-order valence-corrected chi connectivity index (χ1v) is 5.37. The van der Waals surface area contributed by atoms with Crippen molar-refractivity contribution in [3.8, 4) is 0 Å². The highest BCUT2D eigenvalue weighted by Crippen LogP contribution is 2.31. The third-order valence-corrected chi connectivity index (χ3v) is 2.83. The molecule has 0 aromatic carbocycles. The van der Waals surface area contributed by atoms with E-state index in [-0.39, 0.29) is 0 Å². The van der Waals surface area contributed by atoms with E-state index >= 15 is 0 Å². The highest BCUT2D eigenvalue weighted by Gasteiger charge is 2.33. The maximum Gasteiger partial charge on any atom is 0.225 e. The zero-order valence-corrected chi connectivity index (χ0v) is 8.09. The SMILES string of the molecule is O=C(C1CC1)N1CCCCNCC1. The van der Waals surface area contributed by atoms with E-state index in [1.165, 1.54) is 6.42 Å². The van der Waals surface area contributed by atoms with Gasteiger partial charge in [0, 0.05) is 25.6 Å². The van der Waals surface area contributed by atoms with Crippen LogP contribution in [-0.2, 0) is 4.79 Å². The quantitative estimate of drug-likeness (QED) is 0.644. The number of hydrogen-bond acceptors (Lipinski definition) is 2. The Kier molecular flexibility index (Phi) is 2.83. The van der Waals surface area contributed by atoms with E-state index in [1.54, 1.807) is 0 Å². The van der Waals surface area contributed by atoms with Crippen LogP contribution in [0.1, 0.15) is 25.7 Å². The van der Waals surface area contributed by atoms with Crippen LogP contribution in [0.4, 0.5) is 0 Å². The normalized spacial score (nSPS) is 25.1. The Morgan fingerprint density at radius 3 is 2.77 bits per heavy atom. The zero-order chi connectivity index (χ0) is 9.10. The number of amides is 1. The molecule has 13 heavy (non-hydrogen) atoms. The van der Waals surface area contributed by atoms with Crippen molar-refractivity contribution >= 4 is 5.91 Å². The lowest BCUT2D eigenvalue weighted by atomic mass is 10.2. The largest absolute Gasteiger partial charge is 0.341 e. The van der Waals surface area contributed by atoms with Crippen molar-refractivity contribution in [1.29, 1.82) is 0 Å². The molecular weight excluding hydrogens is 164 g/mol. The van der Waals surface area contributed by atoms with Crippen molar-refractivity contribution in [2.24, 2.45) is 5.92 Å². The summed E-state index contributed by atoms with van der Waals surface area (Å²) in [5, 5.41) is 3.34. The molecule has 0 atom stereocenters. The van der Waals surface area contributed by atoms with Gasteiger partial charge in [0.05, 0.1) is 0 Å². The summed E-state index contributed by atoms with van der Waals surface area (Å²) in [6.45, 7) is 3.98. The Bertz CT molecular complexity index is 181. The molecule has 0 bridgehead atoms. The van der Waals surface area contributed by atoms with Gasteiger partial charge in [0.25, 0.3) is 0 Å². The molecule has 2 aliphatic rings. The summed E-state index contributed by atoms with van der Waals surface area (Å²) < 4.78 is 0. The molecule has 2 fully saturated rings. The second-order valence-electron chi connectivity index (χ2n) is 4.06. The minimum atomic E-state index is 0.388. The van der Waals surface area contributed by atoms with Crippen molar-refractivity contribution < 1.29 is 4.79 Å². The number of hydrogen-bond donors (Lipinski definition) is 1. The van der Waals surface area contributed by atoms with Crippen molar-refractivity contribution in [3.63, 3.8) is 0 Å². The van der Waals surface area contributed by atoms with Gasteiger partial charge in [-0.15, -0.1) is 0 Å². The van der Waals surface area contributed by atoms with Gasteiger partial charge < -0.3 is 10.2 Å². The molecule has 1 N–H and O–H groups in total. The number of nitrogens with zero attached hydrogens (tertiary/aromatic N) is 1. The van der Waals surface area contributed by atoms with Crippen LogP contribution in [0.2, 0.25) is 0 Å². The molecule has 1 amide bonds. The summed E-state index contributed by atoms with van der Waals surface area (Å²) in [6, 6.07) is 0. The van der Waals surface area contributed by atoms with Gasteiger partial charge in [-0.25, -0.2) is 0 Å². The molecule has 1 saturated heterocycles. The molecule has 0 aromatic rings. The van der Waals surface area contributed by atoms with E-state index < -0.39 is 0 Å². The molecule has 1 aliphatic carbocycles. The summed E-state index contributed by atoms with van der Waals surface area (Å²) in [6.07, 6.45) is 4.62. The van der Waals surface area contributed by atoms with Gasteiger partial charge >= 0.3 is 0 Å². The third kappa shape index (κ3) is 2.44. The Morgan fingerprint density at radius 2 is 2.00 bits per heavy atom. The average molecular weight is 182 g/mol. The molecule has 3 heteroatoms. The Hall–Kier alpha value is -0.570. The van der Waals surface area contributed by atoms with Crippen molar-refractivity contribution in [3.05, 3.63) is 0 Å². The second kappa shape index (κ2) is 4.09. The van der Waals surface area contributed by atoms with Crippen molar-refractivity contribution in [2.75, 3.05) is 26.2 Å². The molecule has 1 heterocycles. The first-order valence-electron chi connectivity index (χ1n) is 5.37. The number of carbonyl (C=O) groups is 1. The average Bonchev–Trinajstić information content (AvgIpc) is 2.84. The topological polar surface area (TPSA) is 32.3 Å². The van der Waals surface area contributed by atoms with E-state index in [9.17, 15) is 4.79 Å². The molecule has 1 saturated carbocycles. The fourth-order valence-electron chi connectivity index (χ4n) is 1.81. The highest BCUT2D eigenvalue weighted by molar-refractivity contribution is 5.81. The molecule has 1 aliphatic heterocycles. The first kappa shape index (κ1) is 9.00. The van der Waals surface area contributed by atoms with Crippen molar-refractivity contribution in [2.45, 2.75) is 25.7 Å². The molecule has 3 nitrogen and oxygen atoms in total. The van der Waals surface area contributed by atoms with Crippen LogP contribution in [0, 0.1) is 5.92 Å². The Labute approximate surface area is 79.5 Å². The number of rotatable bonds is 1. The monoisotopic (exact) mass is 182 g/mol. The fraction of sp³-hybridized carbons (Fsp3) is 0.900. The molecule has 0 unspecified atom stereocenters. The Morgan fingerprint density at radius 1 is 1.15 bits per heavy atom. The van der Waals surface area contributed by atoms with Crippen LogP contribution in [0.15, 0.2) is 0 Å². The van der Waals surface area contributed by atoms with Gasteiger partial charge in [-0.05, 0) is 32.2 Å². The van der Waals surface area contributed by atoms with E-state index in [0.717, 1.165) is 45.4 Å². The van der Waals surface area contributed by atoms with E-state index in [0.29, 0.717) is 11.8 Å². The van der Waals surface area contributed by atoms with Gasteiger partial charge in [-0.2, -0.15) is 0 Å². The lowest BCUT2D eigenvalue weighted by Gasteiger charge is -2.25. The van der Waals surface area contributed by atoms with Crippen LogP contribution in [0.5, 0.6) is 0 Å². The molecule has 2 rings (SSSR count). The van der Waals surface area contributed by atoms with Crippen molar-refractivity contribution in [1.82, 2.24) is 10.2 Å². The summed E-state index contributed by atoms with van der Waals surface area (Å²) >= 11 is 0. The van der Waals surface area contributed by atoms with Crippen LogP contribution in [0.25, 0.3) is 0 Å². The van der Waals surface area contributed by atoms with Gasteiger partial charge in [-0.3, -0.25) is 4.79 Å². The molecule has 74 valence electrons. The van der Waals surface area contributed by atoms with Gasteiger partial charge in [0.2, 0.25) is 5.91 Å². The highest BCUT2D eigenvalue weighted by atomic mass is 16.2. The second-order valence-corrected chi connectivity index (χ2v) is 4.06. The van der Waals surface area contributed by atoms with Gasteiger partial charge in [0.15, 0.2) is 0 Å². The number of carbonyl (C=O) groups excluding carboxylic acids is 1.